The van der Waals surface area contributed by atoms with Crippen molar-refractivity contribution in [3.05, 3.63) is 34.8 Å². The average molecular weight is 314 g/mol. The summed E-state index contributed by atoms with van der Waals surface area (Å²) < 4.78 is 12.0. The molecule has 1 aromatic carbocycles. The summed E-state index contributed by atoms with van der Waals surface area (Å²) >= 11 is 3.52. The van der Waals surface area contributed by atoms with Gasteiger partial charge in [-0.25, -0.2) is 0 Å². The van der Waals surface area contributed by atoms with Gasteiger partial charge in [-0.2, -0.15) is 0 Å². The van der Waals surface area contributed by atoms with Crippen LogP contribution in [-0.4, -0.2) is 19.8 Å². The second-order valence-corrected chi connectivity index (χ2v) is 5.05. The minimum absolute atomic E-state index is 0.111. The molecule has 4 heteroatoms. The third-order valence-corrected chi connectivity index (χ3v) is 2.85. The first kappa shape index (κ1) is 15.1. The highest BCUT2D eigenvalue weighted by Crippen LogP contribution is 2.37. The van der Waals surface area contributed by atoms with Crippen LogP contribution < -0.4 is 14.8 Å². The average Bonchev–Trinajstić information content (AvgIpc) is 2.32. The van der Waals surface area contributed by atoms with Gasteiger partial charge >= 0.3 is 0 Å². The van der Waals surface area contributed by atoms with Gasteiger partial charge in [0, 0.05) is 13.1 Å². The van der Waals surface area contributed by atoms with E-state index in [0.717, 1.165) is 34.6 Å². The molecule has 1 rings (SSSR count). The van der Waals surface area contributed by atoms with Crippen LogP contribution >= 0.6 is 15.9 Å². The Morgan fingerprint density at radius 2 is 2.17 bits per heavy atom. The van der Waals surface area contributed by atoms with Crippen molar-refractivity contribution >= 4 is 15.9 Å². The number of benzene rings is 1. The minimum atomic E-state index is 0.111. The van der Waals surface area contributed by atoms with E-state index >= 15 is 0 Å². The van der Waals surface area contributed by atoms with Crippen LogP contribution in [0, 0.1) is 0 Å². The van der Waals surface area contributed by atoms with Crippen LogP contribution in [0.3, 0.4) is 0 Å². The maximum atomic E-state index is 5.74. The lowest BCUT2D eigenvalue weighted by atomic mass is 10.2. The van der Waals surface area contributed by atoms with Gasteiger partial charge in [-0.1, -0.05) is 6.08 Å². The monoisotopic (exact) mass is 313 g/mol. The standard InChI is InChI=1S/C14H20BrNO2/c1-5-6-16-9-11-7-12(15)14(18-10(2)3)13(8-11)17-4/h5,7-8,10,16H,1,6,9H2,2-4H3. The van der Waals surface area contributed by atoms with Crippen LogP contribution in [0.15, 0.2) is 29.3 Å². The molecule has 3 nitrogen and oxygen atoms in total. The van der Waals surface area contributed by atoms with Crippen molar-refractivity contribution in [2.24, 2.45) is 0 Å². The number of halogens is 1. The van der Waals surface area contributed by atoms with Crippen LogP contribution in [0.5, 0.6) is 11.5 Å². The third kappa shape index (κ3) is 4.35. The molecule has 0 saturated heterocycles. The Kier molecular flexibility index (Phi) is 6.22. The van der Waals surface area contributed by atoms with Gasteiger partial charge in [0.05, 0.1) is 17.7 Å². The second-order valence-electron chi connectivity index (χ2n) is 4.20. The highest BCUT2D eigenvalue weighted by molar-refractivity contribution is 9.10. The fraction of sp³-hybridized carbons (Fsp3) is 0.429. The molecule has 0 aliphatic rings. The van der Waals surface area contributed by atoms with Crippen LogP contribution in [0.1, 0.15) is 19.4 Å². The van der Waals surface area contributed by atoms with Crippen molar-refractivity contribution in [2.75, 3.05) is 13.7 Å². The number of rotatable bonds is 7. The van der Waals surface area contributed by atoms with Crippen molar-refractivity contribution < 1.29 is 9.47 Å². The summed E-state index contributed by atoms with van der Waals surface area (Å²) in [5.74, 6) is 1.49. The quantitative estimate of drug-likeness (QED) is 0.617. The number of methoxy groups -OCH3 is 1. The fourth-order valence-electron chi connectivity index (χ4n) is 1.54. The molecule has 0 atom stereocenters. The normalized spacial score (nSPS) is 10.5. The topological polar surface area (TPSA) is 30.5 Å². The first-order chi connectivity index (χ1) is 8.58. The fourth-order valence-corrected chi connectivity index (χ4v) is 2.13. The molecule has 100 valence electrons. The van der Waals surface area contributed by atoms with Crippen LogP contribution in [0.25, 0.3) is 0 Å². The summed E-state index contributed by atoms with van der Waals surface area (Å²) in [6.45, 7) is 9.21. The van der Waals surface area contributed by atoms with E-state index in [4.69, 9.17) is 9.47 Å². The molecule has 0 unspecified atom stereocenters. The summed E-state index contributed by atoms with van der Waals surface area (Å²) in [7, 11) is 1.65. The molecule has 18 heavy (non-hydrogen) atoms. The van der Waals surface area contributed by atoms with Gasteiger partial charge in [0.1, 0.15) is 0 Å². The molecular weight excluding hydrogens is 294 g/mol. The summed E-state index contributed by atoms with van der Waals surface area (Å²) in [5, 5.41) is 3.25. The third-order valence-electron chi connectivity index (χ3n) is 2.26. The summed E-state index contributed by atoms with van der Waals surface area (Å²) in [5.41, 5.74) is 1.14. The van der Waals surface area contributed by atoms with E-state index in [9.17, 15) is 0 Å². The van der Waals surface area contributed by atoms with Gasteiger partial charge in [0.25, 0.3) is 0 Å². The zero-order chi connectivity index (χ0) is 13.5. The molecule has 0 radical (unpaired) electrons. The van der Waals surface area contributed by atoms with Crippen molar-refractivity contribution in [1.29, 1.82) is 0 Å². The molecule has 0 aromatic heterocycles. The Morgan fingerprint density at radius 3 is 2.72 bits per heavy atom. The van der Waals surface area contributed by atoms with E-state index in [1.165, 1.54) is 0 Å². The van der Waals surface area contributed by atoms with Gasteiger partial charge in [-0.05, 0) is 47.5 Å². The van der Waals surface area contributed by atoms with E-state index in [-0.39, 0.29) is 6.10 Å². The van der Waals surface area contributed by atoms with E-state index in [1.54, 1.807) is 7.11 Å². The molecule has 0 spiro atoms. The largest absolute Gasteiger partial charge is 0.493 e. The predicted octanol–water partition coefficient (Wildman–Crippen LogP) is 3.52. The minimum Gasteiger partial charge on any atom is -0.493 e. The molecule has 0 saturated carbocycles. The molecular formula is C14H20BrNO2. The van der Waals surface area contributed by atoms with Crippen molar-refractivity contribution in [3.8, 4) is 11.5 Å². The number of hydrogen-bond acceptors (Lipinski definition) is 3. The molecule has 0 bridgehead atoms. The molecule has 0 amide bonds. The summed E-state index contributed by atoms with van der Waals surface area (Å²) in [4.78, 5) is 0. The van der Waals surface area contributed by atoms with Gasteiger partial charge in [0.2, 0.25) is 0 Å². The van der Waals surface area contributed by atoms with Gasteiger partial charge in [0.15, 0.2) is 11.5 Å². The maximum Gasteiger partial charge on any atom is 0.175 e. The van der Waals surface area contributed by atoms with Gasteiger partial charge in [-0.15, -0.1) is 6.58 Å². The lowest BCUT2D eigenvalue weighted by Gasteiger charge is -2.16. The lowest BCUT2D eigenvalue weighted by molar-refractivity contribution is 0.228. The molecule has 0 fully saturated rings. The Bertz CT molecular complexity index is 405. The molecule has 1 aromatic rings. The van der Waals surface area contributed by atoms with Crippen molar-refractivity contribution in [2.45, 2.75) is 26.5 Å². The van der Waals surface area contributed by atoms with E-state index in [0.29, 0.717) is 0 Å². The SMILES string of the molecule is C=CCNCc1cc(Br)c(OC(C)C)c(OC)c1. The summed E-state index contributed by atoms with van der Waals surface area (Å²) in [6.07, 6.45) is 1.95. The summed E-state index contributed by atoms with van der Waals surface area (Å²) in [6, 6.07) is 4.02. The van der Waals surface area contributed by atoms with E-state index < -0.39 is 0 Å². The zero-order valence-corrected chi connectivity index (χ0v) is 12.7. The van der Waals surface area contributed by atoms with Crippen LogP contribution in [0.2, 0.25) is 0 Å². The van der Waals surface area contributed by atoms with E-state index in [2.05, 4.69) is 27.8 Å². The first-order valence-corrected chi connectivity index (χ1v) is 6.72. The predicted molar refractivity (Wildman–Crippen MR) is 78.4 cm³/mol. The Morgan fingerprint density at radius 1 is 1.44 bits per heavy atom. The second kappa shape index (κ2) is 7.44. The molecule has 0 aliphatic carbocycles. The highest BCUT2D eigenvalue weighted by atomic mass is 79.9. The Labute approximate surface area is 117 Å². The number of nitrogens with one attached hydrogen (secondary N) is 1. The van der Waals surface area contributed by atoms with Gasteiger partial charge < -0.3 is 14.8 Å². The zero-order valence-electron chi connectivity index (χ0n) is 11.1. The van der Waals surface area contributed by atoms with Crippen LogP contribution in [-0.2, 0) is 6.54 Å². The Hall–Kier alpha value is -1.00. The smallest absolute Gasteiger partial charge is 0.175 e. The maximum absolute atomic E-state index is 5.74. The molecule has 0 heterocycles. The van der Waals surface area contributed by atoms with Gasteiger partial charge in [-0.3, -0.25) is 0 Å². The van der Waals surface area contributed by atoms with Crippen molar-refractivity contribution in [1.82, 2.24) is 5.32 Å². The van der Waals surface area contributed by atoms with E-state index in [1.807, 2.05) is 32.1 Å². The Balaban J connectivity index is 2.91. The van der Waals surface area contributed by atoms with Crippen molar-refractivity contribution in [3.63, 3.8) is 0 Å². The lowest BCUT2D eigenvalue weighted by Crippen LogP contribution is -2.13. The number of hydrogen-bond donors (Lipinski definition) is 1. The van der Waals surface area contributed by atoms with Crippen LogP contribution in [0.4, 0.5) is 0 Å². The molecule has 0 aliphatic heterocycles. The first-order valence-electron chi connectivity index (χ1n) is 5.93. The number of ether oxygens (including phenoxy) is 2. The highest BCUT2D eigenvalue weighted by Gasteiger charge is 2.12. The molecule has 1 N–H and O–H groups in total.